The van der Waals surface area contributed by atoms with Crippen LogP contribution in [0.4, 0.5) is 5.69 Å². The summed E-state index contributed by atoms with van der Waals surface area (Å²) in [5.41, 5.74) is 2.15. The van der Waals surface area contributed by atoms with E-state index in [1.807, 2.05) is 42.2 Å². The number of ether oxygens (including phenoxy) is 1. The quantitative estimate of drug-likeness (QED) is 0.268. The summed E-state index contributed by atoms with van der Waals surface area (Å²) < 4.78 is 11.6. The van der Waals surface area contributed by atoms with Crippen LogP contribution in [-0.2, 0) is 29.0 Å². The Morgan fingerprint density at radius 3 is 2.44 bits per heavy atom. The van der Waals surface area contributed by atoms with Gasteiger partial charge in [0.1, 0.15) is 11.5 Å². The van der Waals surface area contributed by atoms with E-state index in [-0.39, 0.29) is 24.2 Å². The number of furan rings is 1. The molecule has 1 amide bonds. The Hall–Kier alpha value is -3.49. The van der Waals surface area contributed by atoms with Crippen molar-refractivity contribution >= 4 is 11.6 Å². The molecule has 190 valence electrons. The topological polar surface area (TPSA) is 89.1 Å². The predicted molar refractivity (Wildman–Crippen MR) is 136 cm³/mol. The molecule has 0 saturated carbocycles. The second kappa shape index (κ2) is 12.5. The van der Waals surface area contributed by atoms with Crippen molar-refractivity contribution in [2.75, 3.05) is 26.2 Å². The van der Waals surface area contributed by atoms with E-state index in [1.165, 1.54) is 17.7 Å². The fraction of sp³-hybridized carbons (Fsp3) is 0.393. The van der Waals surface area contributed by atoms with E-state index in [0.717, 1.165) is 43.0 Å². The normalized spacial score (nSPS) is 15.3. The third-order valence-electron chi connectivity index (χ3n) is 6.41. The minimum Gasteiger partial charge on any atom is -0.464 e. The molecular formula is C28H33N3O5. The summed E-state index contributed by atoms with van der Waals surface area (Å²) in [6.45, 7) is 4.99. The van der Waals surface area contributed by atoms with Crippen LogP contribution in [0.15, 0.2) is 71.1 Å². The van der Waals surface area contributed by atoms with E-state index < -0.39 is 4.92 Å². The summed E-state index contributed by atoms with van der Waals surface area (Å²) in [6.07, 6.45) is 2.82. The van der Waals surface area contributed by atoms with E-state index >= 15 is 0 Å². The van der Waals surface area contributed by atoms with Gasteiger partial charge in [-0.1, -0.05) is 42.5 Å². The molecule has 1 aliphatic heterocycles. The summed E-state index contributed by atoms with van der Waals surface area (Å²) in [5.74, 6) is 1.59. The largest absolute Gasteiger partial charge is 0.464 e. The van der Waals surface area contributed by atoms with Crippen molar-refractivity contribution in [2.24, 2.45) is 0 Å². The van der Waals surface area contributed by atoms with Gasteiger partial charge in [0.25, 0.3) is 5.69 Å². The number of benzene rings is 2. The van der Waals surface area contributed by atoms with Gasteiger partial charge >= 0.3 is 0 Å². The Labute approximate surface area is 211 Å². The van der Waals surface area contributed by atoms with E-state index in [9.17, 15) is 14.9 Å². The maximum absolute atomic E-state index is 13.6. The minimum absolute atomic E-state index is 0.0138. The lowest BCUT2D eigenvalue weighted by atomic mass is 10.1. The second-order valence-electron chi connectivity index (χ2n) is 9.29. The van der Waals surface area contributed by atoms with Gasteiger partial charge in [-0.25, -0.2) is 0 Å². The molecule has 2 heterocycles. The van der Waals surface area contributed by atoms with Crippen molar-refractivity contribution in [3.05, 3.63) is 99.5 Å². The van der Waals surface area contributed by atoms with Crippen molar-refractivity contribution in [1.82, 2.24) is 9.80 Å². The van der Waals surface area contributed by atoms with E-state index in [0.29, 0.717) is 26.2 Å². The van der Waals surface area contributed by atoms with Gasteiger partial charge in [-0.05, 0) is 49.4 Å². The molecule has 3 aromatic rings. The molecule has 8 heteroatoms. The molecule has 2 aromatic carbocycles. The molecule has 0 bridgehead atoms. The Morgan fingerprint density at radius 1 is 1.03 bits per heavy atom. The molecule has 1 unspecified atom stereocenters. The van der Waals surface area contributed by atoms with Gasteiger partial charge in [-0.2, -0.15) is 0 Å². The lowest BCUT2D eigenvalue weighted by molar-refractivity contribution is -0.384. The maximum atomic E-state index is 13.6. The fourth-order valence-corrected chi connectivity index (χ4v) is 4.49. The van der Waals surface area contributed by atoms with Gasteiger partial charge in [0.2, 0.25) is 5.91 Å². The standard InChI is InChI=1S/C28H33N3O5/c1-22-9-14-27(36-22)20-30(16-15-23-6-3-2-4-7-23)28(32)21-29(19-26-8-5-17-35-26)18-24-10-12-25(13-11-24)31(33)34/h2-4,6-7,9-14,26H,5,8,15-21H2,1H3. The Balaban J connectivity index is 1.47. The number of hydrogen-bond acceptors (Lipinski definition) is 6. The van der Waals surface area contributed by atoms with Gasteiger partial charge in [0.05, 0.1) is 24.1 Å². The van der Waals surface area contributed by atoms with Crippen LogP contribution in [-0.4, -0.2) is 53.0 Å². The zero-order chi connectivity index (χ0) is 25.3. The van der Waals surface area contributed by atoms with Crippen LogP contribution in [0.1, 0.15) is 35.5 Å². The third kappa shape index (κ3) is 7.50. The highest BCUT2D eigenvalue weighted by Crippen LogP contribution is 2.18. The van der Waals surface area contributed by atoms with Gasteiger partial charge < -0.3 is 14.1 Å². The number of nitro benzene ring substituents is 1. The molecule has 1 atom stereocenters. The van der Waals surface area contributed by atoms with Crippen molar-refractivity contribution in [3.8, 4) is 0 Å². The van der Waals surface area contributed by atoms with Gasteiger partial charge in [-0.3, -0.25) is 19.8 Å². The minimum atomic E-state index is -0.404. The van der Waals surface area contributed by atoms with E-state index in [1.54, 1.807) is 12.1 Å². The lowest BCUT2D eigenvalue weighted by Gasteiger charge is -2.29. The van der Waals surface area contributed by atoms with Crippen LogP contribution < -0.4 is 0 Å². The Morgan fingerprint density at radius 2 is 1.81 bits per heavy atom. The molecule has 1 aliphatic rings. The highest BCUT2D eigenvalue weighted by Gasteiger charge is 2.24. The average Bonchev–Trinajstić information content (AvgIpc) is 3.54. The SMILES string of the molecule is Cc1ccc(CN(CCc2ccccc2)C(=O)CN(Cc2ccc([N+](=O)[O-])cc2)CC2CCCO2)o1. The highest BCUT2D eigenvalue weighted by atomic mass is 16.6. The number of carbonyl (C=O) groups is 1. The smallest absolute Gasteiger partial charge is 0.269 e. The Kier molecular flexibility index (Phi) is 8.86. The van der Waals surface area contributed by atoms with Crippen LogP contribution in [0.25, 0.3) is 0 Å². The number of hydrogen-bond donors (Lipinski definition) is 0. The van der Waals surface area contributed by atoms with Crippen LogP contribution in [0.5, 0.6) is 0 Å². The fourth-order valence-electron chi connectivity index (χ4n) is 4.49. The molecule has 0 N–H and O–H groups in total. The number of nitrogens with zero attached hydrogens (tertiary/aromatic N) is 3. The number of non-ortho nitro benzene ring substituents is 1. The summed E-state index contributed by atoms with van der Waals surface area (Å²) in [7, 11) is 0. The third-order valence-corrected chi connectivity index (χ3v) is 6.41. The zero-order valence-electron chi connectivity index (χ0n) is 20.7. The molecule has 0 spiro atoms. The number of rotatable bonds is 12. The molecular weight excluding hydrogens is 458 g/mol. The zero-order valence-corrected chi connectivity index (χ0v) is 20.7. The van der Waals surface area contributed by atoms with Gasteiger partial charge in [-0.15, -0.1) is 0 Å². The summed E-state index contributed by atoms with van der Waals surface area (Å²) in [4.78, 5) is 28.2. The molecule has 1 fully saturated rings. The van der Waals surface area contributed by atoms with Crippen LogP contribution in [0.2, 0.25) is 0 Å². The second-order valence-corrected chi connectivity index (χ2v) is 9.29. The molecule has 0 aliphatic carbocycles. The van der Waals surface area contributed by atoms with Crippen LogP contribution >= 0.6 is 0 Å². The highest BCUT2D eigenvalue weighted by molar-refractivity contribution is 5.78. The Bertz CT molecular complexity index is 1120. The summed E-state index contributed by atoms with van der Waals surface area (Å²) >= 11 is 0. The number of nitro groups is 1. The van der Waals surface area contributed by atoms with Crippen molar-refractivity contribution in [2.45, 2.75) is 45.4 Å². The first kappa shape index (κ1) is 25.6. The first-order chi connectivity index (χ1) is 17.5. The molecule has 36 heavy (non-hydrogen) atoms. The van der Waals surface area contributed by atoms with Crippen LogP contribution in [0.3, 0.4) is 0 Å². The first-order valence-corrected chi connectivity index (χ1v) is 12.4. The monoisotopic (exact) mass is 491 g/mol. The van der Waals surface area contributed by atoms with Crippen molar-refractivity contribution < 1.29 is 18.9 Å². The molecule has 8 nitrogen and oxygen atoms in total. The average molecular weight is 492 g/mol. The molecule has 4 rings (SSSR count). The summed E-state index contributed by atoms with van der Waals surface area (Å²) in [6, 6.07) is 20.5. The van der Waals surface area contributed by atoms with Crippen molar-refractivity contribution in [3.63, 3.8) is 0 Å². The maximum Gasteiger partial charge on any atom is 0.269 e. The van der Waals surface area contributed by atoms with Crippen molar-refractivity contribution in [1.29, 1.82) is 0 Å². The van der Waals surface area contributed by atoms with Gasteiger partial charge in [0, 0.05) is 38.4 Å². The molecule has 0 radical (unpaired) electrons. The number of amides is 1. The predicted octanol–water partition coefficient (Wildman–Crippen LogP) is 4.75. The lowest BCUT2D eigenvalue weighted by Crippen LogP contribution is -2.43. The first-order valence-electron chi connectivity index (χ1n) is 12.4. The number of carbonyl (C=O) groups excluding carboxylic acids is 1. The van der Waals surface area contributed by atoms with Crippen LogP contribution in [0, 0.1) is 17.0 Å². The van der Waals surface area contributed by atoms with E-state index in [2.05, 4.69) is 17.0 Å². The molecule has 1 saturated heterocycles. The molecule has 1 aromatic heterocycles. The van der Waals surface area contributed by atoms with Gasteiger partial charge in [0.15, 0.2) is 0 Å². The summed E-state index contributed by atoms with van der Waals surface area (Å²) in [5, 5.41) is 11.0. The van der Waals surface area contributed by atoms with E-state index in [4.69, 9.17) is 9.15 Å². The number of aryl methyl sites for hydroxylation is 1.